The minimum Gasteiger partial charge on any atom is -0.375 e. The van der Waals surface area contributed by atoms with Gasteiger partial charge in [0.1, 0.15) is 11.6 Å². The van der Waals surface area contributed by atoms with Gasteiger partial charge in [0.15, 0.2) is 5.13 Å². The molecule has 13 heavy (non-hydrogen) atoms. The second-order valence-electron chi connectivity index (χ2n) is 2.13. The largest absolute Gasteiger partial charge is 0.375 e. The first-order chi connectivity index (χ1) is 6.13. The highest BCUT2D eigenvalue weighted by Crippen LogP contribution is 2.17. The van der Waals surface area contributed by atoms with E-state index in [0.29, 0.717) is 10.0 Å². The van der Waals surface area contributed by atoms with Gasteiger partial charge in [0.05, 0.1) is 4.88 Å². The van der Waals surface area contributed by atoms with Crippen LogP contribution < -0.4 is 11.5 Å². The summed E-state index contributed by atoms with van der Waals surface area (Å²) in [5.41, 5.74) is 10.2. The molecule has 0 unspecified atom stereocenters. The number of carbonyl (C=O) groups is 1. The van der Waals surface area contributed by atoms with E-state index in [1.165, 1.54) is 23.6 Å². The zero-order valence-electron chi connectivity index (χ0n) is 6.52. The lowest BCUT2D eigenvalue weighted by atomic mass is 10.2. The molecule has 1 heterocycles. The second kappa shape index (κ2) is 3.69. The average Bonchev–Trinajstić information content (AvgIpc) is 2.46. The third kappa shape index (κ3) is 2.28. The number of hydrogen-bond acceptors (Lipinski definition) is 5. The van der Waals surface area contributed by atoms with E-state index < -0.39 is 5.91 Å². The molecule has 0 aliphatic rings. The van der Waals surface area contributed by atoms with Crippen LogP contribution in [0.1, 0.15) is 4.88 Å². The Morgan fingerprint density at radius 2 is 2.46 bits per heavy atom. The Labute approximate surface area is 78.3 Å². The number of hydrogen-bond donors (Lipinski definition) is 2. The van der Waals surface area contributed by atoms with Crippen LogP contribution >= 0.6 is 11.3 Å². The third-order valence-corrected chi connectivity index (χ3v) is 1.99. The van der Waals surface area contributed by atoms with Gasteiger partial charge in [-0.05, 0) is 6.08 Å². The number of nitriles is 1. The third-order valence-electron chi connectivity index (χ3n) is 1.21. The Morgan fingerprint density at radius 3 is 2.85 bits per heavy atom. The normalized spacial score (nSPS) is 10.8. The Balaban J connectivity index is 3.00. The van der Waals surface area contributed by atoms with Crippen molar-refractivity contribution in [2.75, 3.05) is 5.73 Å². The monoisotopic (exact) mass is 194 g/mol. The SMILES string of the molecule is N#C/C(=C\c1cnc(N)s1)C(N)=O. The van der Waals surface area contributed by atoms with Crippen LogP contribution in [-0.2, 0) is 4.79 Å². The number of rotatable bonds is 2. The molecule has 0 fully saturated rings. The lowest BCUT2D eigenvalue weighted by molar-refractivity contribution is -0.114. The number of anilines is 1. The summed E-state index contributed by atoms with van der Waals surface area (Å²) in [7, 11) is 0. The van der Waals surface area contributed by atoms with Crippen molar-refractivity contribution in [2.24, 2.45) is 5.73 Å². The molecule has 0 atom stereocenters. The molecule has 1 aromatic heterocycles. The lowest BCUT2D eigenvalue weighted by Crippen LogP contribution is -2.12. The van der Waals surface area contributed by atoms with Gasteiger partial charge in [0.25, 0.3) is 5.91 Å². The first-order valence-electron chi connectivity index (χ1n) is 3.26. The fraction of sp³-hybridized carbons (Fsp3) is 0. The van der Waals surface area contributed by atoms with Gasteiger partial charge in [-0.15, -0.1) is 0 Å². The average molecular weight is 194 g/mol. The first kappa shape index (κ1) is 9.22. The van der Waals surface area contributed by atoms with E-state index >= 15 is 0 Å². The number of amides is 1. The molecule has 0 saturated heterocycles. The van der Waals surface area contributed by atoms with E-state index in [4.69, 9.17) is 16.7 Å². The summed E-state index contributed by atoms with van der Waals surface area (Å²) in [6.45, 7) is 0. The Bertz CT molecular complexity index is 401. The Hall–Kier alpha value is -1.87. The number of nitrogens with zero attached hydrogens (tertiary/aromatic N) is 2. The van der Waals surface area contributed by atoms with Gasteiger partial charge >= 0.3 is 0 Å². The van der Waals surface area contributed by atoms with Crippen LogP contribution in [0.5, 0.6) is 0 Å². The highest BCUT2D eigenvalue weighted by Gasteiger charge is 2.04. The van der Waals surface area contributed by atoms with Crippen molar-refractivity contribution in [2.45, 2.75) is 0 Å². The van der Waals surface area contributed by atoms with Crippen molar-refractivity contribution in [1.29, 1.82) is 5.26 Å². The van der Waals surface area contributed by atoms with Crippen LogP contribution in [0, 0.1) is 11.3 Å². The summed E-state index contributed by atoms with van der Waals surface area (Å²) in [4.78, 5) is 15.0. The van der Waals surface area contributed by atoms with Crippen LogP contribution in [0.3, 0.4) is 0 Å². The van der Waals surface area contributed by atoms with Gasteiger partial charge in [-0.3, -0.25) is 4.79 Å². The van der Waals surface area contributed by atoms with Crippen LogP contribution in [0.2, 0.25) is 0 Å². The molecule has 4 N–H and O–H groups in total. The maximum atomic E-state index is 10.6. The van der Waals surface area contributed by atoms with Crippen molar-refractivity contribution in [1.82, 2.24) is 4.98 Å². The Morgan fingerprint density at radius 1 is 1.77 bits per heavy atom. The van der Waals surface area contributed by atoms with Gasteiger partial charge in [0.2, 0.25) is 0 Å². The smallest absolute Gasteiger partial charge is 0.259 e. The van der Waals surface area contributed by atoms with Gasteiger partial charge in [0, 0.05) is 6.20 Å². The highest BCUT2D eigenvalue weighted by atomic mass is 32.1. The molecule has 0 aliphatic carbocycles. The number of nitrogen functional groups attached to an aromatic ring is 1. The van der Waals surface area contributed by atoms with Gasteiger partial charge < -0.3 is 11.5 Å². The molecule has 1 amide bonds. The summed E-state index contributed by atoms with van der Waals surface area (Å²) in [5, 5.41) is 8.88. The maximum Gasteiger partial charge on any atom is 0.259 e. The van der Waals surface area contributed by atoms with Crippen LogP contribution in [0.25, 0.3) is 6.08 Å². The van der Waals surface area contributed by atoms with Gasteiger partial charge in [-0.25, -0.2) is 4.98 Å². The maximum absolute atomic E-state index is 10.6. The van der Waals surface area contributed by atoms with E-state index in [9.17, 15) is 4.79 Å². The van der Waals surface area contributed by atoms with Crippen molar-refractivity contribution in [3.63, 3.8) is 0 Å². The molecular weight excluding hydrogens is 188 g/mol. The predicted octanol–water partition coefficient (Wildman–Crippen LogP) is 0.118. The molecular formula is C7H6N4OS. The zero-order valence-corrected chi connectivity index (χ0v) is 7.34. The van der Waals surface area contributed by atoms with E-state index in [1.807, 2.05) is 0 Å². The quantitative estimate of drug-likeness (QED) is 0.515. The number of primary amides is 1. The predicted molar refractivity (Wildman–Crippen MR) is 49.3 cm³/mol. The van der Waals surface area contributed by atoms with E-state index in [2.05, 4.69) is 4.98 Å². The number of thiazole rings is 1. The fourth-order valence-electron chi connectivity index (χ4n) is 0.668. The topological polar surface area (TPSA) is 106 Å². The number of aromatic nitrogens is 1. The van der Waals surface area contributed by atoms with Crippen molar-refractivity contribution in [3.8, 4) is 6.07 Å². The van der Waals surface area contributed by atoms with Crippen LogP contribution in [0.15, 0.2) is 11.8 Å². The second-order valence-corrected chi connectivity index (χ2v) is 3.23. The zero-order chi connectivity index (χ0) is 9.84. The summed E-state index contributed by atoms with van der Waals surface area (Å²) in [5.74, 6) is -0.755. The molecule has 66 valence electrons. The van der Waals surface area contributed by atoms with Crippen molar-refractivity contribution in [3.05, 3.63) is 16.6 Å². The molecule has 0 radical (unpaired) electrons. The summed E-state index contributed by atoms with van der Waals surface area (Å²) in [6, 6.07) is 1.68. The highest BCUT2D eigenvalue weighted by molar-refractivity contribution is 7.16. The van der Waals surface area contributed by atoms with Gasteiger partial charge in [-0.2, -0.15) is 5.26 Å². The minimum atomic E-state index is -0.755. The van der Waals surface area contributed by atoms with E-state index in [-0.39, 0.29) is 5.57 Å². The Kier molecular flexibility index (Phi) is 2.62. The minimum absolute atomic E-state index is 0.108. The van der Waals surface area contributed by atoms with Crippen molar-refractivity contribution < 1.29 is 4.79 Å². The summed E-state index contributed by atoms with van der Waals surface area (Å²) >= 11 is 1.18. The van der Waals surface area contributed by atoms with Crippen molar-refractivity contribution >= 4 is 28.5 Å². The molecule has 0 bridgehead atoms. The first-order valence-corrected chi connectivity index (χ1v) is 4.08. The van der Waals surface area contributed by atoms with Gasteiger partial charge in [-0.1, -0.05) is 11.3 Å². The summed E-state index contributed by atoms with van der Waals surface area (Å²) in [6.07, 6.45) is 2.83. The molecule has 0 aromatic carbocycles. The number of carbonyl (C=O) groups excluding carboxylic acids is 1. The molecule has 0 spiro atoms. The molecule has 6 heteroatoms. The molecule has 1 aromatic rings. The van der Waals surface area contributed by atoms with E-state index in [1.54, 1.807) is 6.07 Å². The van der Waals surface area contributed by atoms with E-state index in [0.717, 1.165) is 0 Å². The molecule has 1 rings (SSSR count). The number of nitrogens with two attached hydrogens (primary N) is 2. The lowest BCUT2D eigenvalue weighted by Gasteiger charge is -1.87. The summed E-state index contributed by atoms with van der Waals surface area (Å²) < 4.78 is 0. The van der Waals surface area contributed by atoms with Crippen LogP contribution in [0.4, 0.5) is 5.13 Å². The molecule has 0 aliphatic heterocycles. The molecule has 5 nitrogen and oxygen atoms in total. The fourth-order valence-corrected chi connectivity index (χ4v) is 1.30. The molecule has 0 saturated carbocycles. The van der Waals surface area contributed by atoms with Crippen LogP contribution in [-0.4, -0.2) is 10.9 Å². The standard InChI is InChI=1S/C7H6N4OS/c8-2-4(6(9)12)1-5-3-11-7(10)13-5/h1,3H,(H2,9,12)(H2,10,11)/b4-1+.